The predicted octanol–water partition coefficient (Wildman–Crippen LogP) is 4.54. The van der Waals surface area contributed by atoms with Gasteiger partial charge in [0.2, 0.25) is 0 Å². The van der Waals surface area contributed by atoms with E-state index in [1.807, 2.05) is 18.2 Å². The van der Waals surface area contributed by atoms with E-state index in [9.17, 15) is 0 Å². The Hall–Kier alpha value is -0.540. The van der Waals surface area contributed by atoms with E-state index in [1.165, 1.54) is 10.4 Å². The molecule has 1 atom stereocenters. The molecule has 0 spiro atoms. The maximum Gasteiger partial charge on any atom is 0.0595 e. The molecule has 0 fully saturated rings. The fourth-order valence-electron chi connectivity index (χ4n) is 1.86. The minimum atomic E-state index is 0.315. The first-order chi connectivity index (χ1) is 8.22. The van der Waals surface area contributed by atoms with Crippen LogP contribution < -0.4 is 5.73 Å². The van der Waals surface area contributed by atoms with Crippen LogP contribution >= 0.6 is 34.5 Å². The fourth-order valence-corrected chi connectivity index (χ4v) is 3.05. The van der Waals surface area contributed by atoms with Crippen molar-refractivity contribution in [3.63, 3.8) is 0 Å². The summed E-state index contributed by atoms with van der Waals surface area (Å²) in [6, 6.07) is 9.99. The van der Waals surface area contributed by atoms with Gasteiger partial charge in [-0.2, -0.15) is 0 Å². The molecule has 0 aliphatic rings. The maximum atomic E-state index is 6.06. The molecule has 1 aromatic carbocycles. The van der Waals surface area contributed by atoms with Crippen LogP contribution in [0.25, 0.3) is 0 Å². The molecule has 4 heteroatoms. The lowest BCUT2D eigenvalue weighted by molar-refractivity contribution is 0.737. The highest BCUT2D eigenvalue weighted by atomic mass is 35.5. The summed E-state index contributed by atoms with van der Waals surface area (Å²) in [7, 11) is 0. The Kier molecular flexibility index (Phi) is 4.46. The van der Waals surface area contributed by atoms with Crippen LogP contribution in [-0.2, 0) is 0 Å². The fraction of sp³-hybridized carbons (Fsp3) is 0.231. The second-order valence-electron chi connectivity index (χ2n) is 3.82. The zero-order valence-corrected chi connectivity index (χ0v) is 11.5. The second kappa shape index (κ2) is 5.87. The molecule has 0 amide bonds. The third-order valence-corrected chi connectivity index (χ3v) is 4.41. The zero-order chi connectivity index (χ0) is 12.3. The predicted molar refractivity (Wildman–Crippen MR) is 76.3 cm³/mol. The topological polar surface area (TPSA) is 26.0 Å². The van der Waals surface area contributed by atoms with Gasteiger partial charge in [0.15, 0.2) is 0 Å². The summed E-state index contributed by atoms with van der Waals surface area (Å²) in [5.74, 6) is 0.315. The number of rotatable bonds is 4. The quantitative estimate of drug-likeness (QED) is 0.877. The normalized spacial score (nSPS) is 12.6. The number of hydrogen-bond acceptors (Lipinski definition) is 2. The summed E-state index contributed by atoms with van der Waals surface area (Å²) in [6.45, 7) is 0.656. The van der Waals surface area contributed by atoms with E-state index in [0.29, 0.717) is 22.5 Å². The Morgan fingerprint density at radius 3 is 2.59 bits per heavy atom. The summed E-state index contributed by atoms with van der Waals surface area (Å²) < 4.78 is 0. The molecule has 2 N–H and O–H groups in total. The van der Waals surface area contributed by atoms with Crippen molar-refractivity contribution in [3.05, 3.63) is 56.2 Å². The molecule has 1 aromatic heterocycles. The van der Waals surface area contributed by atoms with Gasteiger partial charge in [-0.25, -0.2) is 0 Å². The molecule has 1 heterocycles. The van der Waals surface area contributed by atoms with Crippen molar-refractivity contribution < 1.29 is 0 Å². The van der Waals surface area contributed by atoms with Crippen LogP contribution in [0.1, 0.15) is 22.8 Å². The second-order valence-corrected chi connectivity index (χ2v) is 5.61. The Morgan fingerprint density at radius 1 is 1.18 bits per heavy atom. The van der Waals surface area contributed by atoms with Gasteiger partial charge in [0.25, 0.3) is 0 Å². The third-order valence-electron chi connectivity index (χ3n) is 2.69. The van der Waals surface area contributed by atoms with Crippen molar-refractivity contribution in [2.24, 2.45) is 5.73 Å². The highest BCUT2D eigenvalue weighted by molar-refractivity contribution is 7.10. The molecule has 1 unspecified atom stereocenters. The Labute approximate surface area is 115 Å². The van der Waals surface area contributed by atoms with Crippen LogP contribution in [-0.4, -0.2) is 6.54 Å². The molecule has 0 bridgehead atoms. The molecule has 0 saturated carbocycles. The van der Waals surface area contributed by atoms with Crippen molar-refractivity contribution in [1.82, 2.24) is 0 Å². The van der Waals surface area contributed by atoms with Crippen molar-refractivity contribution in [2.75, 3.05) is 6.54 Å². The first-order valence-corrected chi connectivity index (χ1v) is 7.04. The SMILES string of the molecule is NCCC(c1ccc(Cl)c(Cl)c1)c1cccs1. The summed E-state index contributed by atoms with van der Waals surface area (Å²) in [5, 5.41) is 3.27. The largest absolute Gasteiger partial charge is 0.330 e. The number of thiophene rings is 1. The highest BCUT2D eigenvalue weighted by Crippen LogP contribution is 2.34. The monoisotopic (exact) mass is 285 g/mol. The molecule has 1 nitrogen and oxygen atoms in total. The van der Waals surface area contributed by atoms with E-state index >= 15 is 0 Å². The van der Waals surface area contributed by atoms with Gasteiger partial charge in [0, 0.05) is 10.8 Å². The summed E-state index contributed by atoms with van der Waals surface area (Å²) in [6.07, 6.45) is 0.915. The third kappa shape index (κ3) is 3.02. The molecular weight excluding hydrogens is 273 g/mol. The summed E-state index contributed by atoms with van der Waals surface area (Å²) in [5.41, 5.74) is 6.86. The van der Waals surface area contributed by atoms with Gasteiger partial charge in [0.1, 0.15) is 0 Å². The van der Waals surface area contributed by atoms with E-state index in [4.69, 9.17) is 28.9 Å². The molecule has 0 radical (unpaired) electrons. The number of nitrogens with two attached hydrogens (primary N) is 1. The van der Waals surface area contributed by atoms with Gasteiger partial charge >= 0.3 is 0 Å². The lowest BCUT2D eigenvalue weighted by Gasteiger charge is -2.15. The molecule has 2 aromatic rings. The van der Waals surface area contributed by atoms with Crippen LogP contribution in [0, 0.1) is 0 Å². The van der Waals surface area contributed by atoms with Crippen molar-refractivity contribution >= 4 is 34.5 Å². The molecule has 90 valence electrons. The average molecular weight is 286 g/mol. The summed E-state index contributed by atoms with van der Waals surface area (Å²) in [4.78, 5) is 1.31. The van der Waals surface area contributed by atoms with Gasteiger partial charge < -0.3 is 5.73 Å². The summed E-state index contributed by atoms with van der Waals surface area (Å²) >= 11 is 13.7. The van der Waals surface area contributed by atoms with E-state index in [1.54, 1.807) is 11.3 Å². The lowest BCUT2D eigenvalue weighted by atomic mass is 9.94. The van der Waals surface area contributed by atoms with Crippen LogP contribution in [0.15, 0.2) is 35.7 Å². The van der Waals surface area contributed by atoms with E-state index < -0.39 is 0 Å². The molecule has 2 rings (SSSR count). The van der Waals surface area contributed by atoms with Crippen LogP contribution in [0.4, 0.5) is 0 Å². The Bertz CT molecular complexity index is 482. The molecule has 0 saturated heterocycles. The maximum absolute atomic E-state index is 6.06. The van der Waals surface area contributed by atoms with Gasteiger partial charge in [-0.3, -0.25) is 0 Å². The van der Waals surface area contributed by atoms with Crippen molar-refractivity contribution in [2.45, 2.75) is 12.3 Å². The van der Waals surface area contributed by atoms with E-state index in [2.05, 4.69) is 17.5 Å². The average Bonchev–Trinajstić information content (AvgIpc) is 2.83. The first kappa shape index (κ1) is 12.9. The van der Waals surface area contributed by atoms with Crippen molar-refractivity contribution in [1.29, 1.82) is 0 Å². The van der Waals surface area contributed by atoms with E-state index in [0.717, 1.165) is 6.42 Å². The van der Waals surface area contributed by atoms with Crippen LogP contribution in [0.3, 0.4) is 0 Å². The first-order valence-electron chi connectivity index (χ1n) is 5.41. The lowest BCUT2D eigenvalue weighted by Crippen LogP contribution is -2.07. The van der Waals surface area contributed by atoms with E-state index in [-0.39, 0.29) is 0 Å². The highest BCUT2D eigenvalue weighted by Gasteiger charge is 2.15. The van der Waals surface area contributed by atoms with Gasteiger partial charge in [-0.05, 0) is 42.1 Å². The zero-order valence-electron chi connectivity index (χ0n) is 9.20. The van der Waals surface area contributed by atoms with Gasteiger partial charge in [0.05, 0.1) is 10.0 Å². The number of halogens is 2. The Balaban J connectivity index is 2.35. The molecular formula is C13H13Cl2NS. The van der Waals surface area contributed by atoms with Crippen LogP contribution in [0.5, 0.6) is 0 Å². The molecule has 17 heavy (non-hydrogen) atoms. The molecule has 0 aliphatic heterocycles. The molecule has 0 aliphatic carbocycles. The standard InChI is InChI=1S/C13H13Cl2NS/c14-11-4-3-9(8-12(11)15)10(5-6-16)13-2-1-7-17-13/h1-4,7-8,10H,5-6,16H2. The van der Waals surface area contributed by atoms with Gasteiger partial charge in [-0.1, -0.05) is 35.3 Å². The smallest absolute Gasteiger partial charge is 0.0595 e. The minimum Gasteiger partial charge on any atom is -0.330 e. The Morgan fingerprint density at radius 2 is 2.00 bits per heavy atom. The number of hydrogen-bond donors (Lipinski definition) is 1. The van der Waals surface area contributed by atoms with Crippen LogP contribution in [0.2, 0.25) is 10.0 Å². The minimum absolute atomic E-state index is 0.315. The number of benzene rings is 1. The van der Waals surface area contributed by atoms with Crippen molar-refractivity contribution in [3.8, 4) is 0 Å². The van der Waals surface area contributed by atoms with Gasteiger partial charge in [-0.15, -0.1) is 11.3 Å².